The number of halogens is 1. The van der Waals surface area contributed by atoms with E-state index in [-0.39, 0.29) is 11.9 Å². The number of aromatic nitrogens is 1. The van der Waals surface area contributed by atoms with Gasteiger partial charge in [0.2, 0.25) is 0 Å². The minimum atomic E-state index is -0.191. The molecule has 0 aliphatic heterocycles. The Balaban J connectivity index is 2.21. The number of hydrogen-bond acceptors (Lipinski definition) is 3. The zero-order valence-electron chi connectivity index (χ0n) is 11.9. The molecule has 0 amide bonds. The van der Waals surface area contributed by atoms with Crippen LogP contribution in [0.15, 0.2) is 42.6 Å². The molecule has 0 bridgehead atoms. The molecule has 106 valence electrons. The van der Waals surface area contributed by atoms with Crippen molar-refractivity contribution in [2.75, 3.05) is 11.9 Å². The molecule has 1 unspecified atom stereocenters. The van der Waals surface area contributed by atoms with E-state index in [1.54, 1.807) is 18.3 Å². The number of pyridine rings is 1. The summed E-state index contributed by atoms with van der Waals surface area (Å²) in [5.74, 6) is 0.664. The summed E-state index contributed by atoms with van der Waals surface area (Å²) in [4.78, 5) is 6.36. The van der Waals surface area contributed by atoms with Gasteiger partial charge in [-0.25, -0.2) is 9.37 Å². The predicted octanol–water partition coefficient (Wildman–Crippen LogP) is 2.75. The van der Waals surface area contributed by atoms with Crippen molar-refractivity contribution >= 4 is 5.82 Å². The van der Waals surface area contributed by atoms with E-state index in [9.17, 15) is 4.39 Å². The lowest BCUT2D eigenvalue weighted by atomic mass is 10.1. The van der Waals surface area contributed by atoms with Crippen LogP contribution in [0.1, 0.15) is 18.1 Å². The van der Waals surface area contributed by atoms with E-state index in [2.05, 4.69) is 4.98 Å². The third kappa shape index (κ3) is 3.54. The minimum absolute atomic E-state index is 0.0693. The second-order valence-corrected chi connectivity index (χ2v) is 5.12. The molecular weight excluding hydrogens is 253 g/mol. The summed E-state index contributed by atoms with van der Waals surface area (Å²) in [6, 6.07) is 10.8. The van der Waals surface area contributed by atoms with Crippen molar-refractivity contribution in [1.29, 1.82) is 0 Å². The van der Waals surface area contributed by atoms with Gasteiger partial charge in [-0.3, -0.25) is 0 Å². The monoisotopic (exact) mass is 273 g/mol. The highest BCUT2D eigenvalue weighted by Gasteiger charge is 2.12. The number of nitrogens with two attached hydrogens (primary N) is 1. The Morgan fingerprint density at radius 3 is 2.60 bits per heavy atom. The summed E-state index contributed by atoms with van der Waals surface area (Å²) in [5, 5.41) is 0. The average molecular weight is 273 g/mol. The Morgan fingerprint density at radius 1 is 1.20 bits per heavy atom. The summed E-state index contributed by atoms with van der Waals surface area (Å²) in [7, 11) is 1.92. The highest BCUT2D eigenvalue weighted by molar-refractivity contribution is 5.47. The Morgan fingerprint density at radius 2 is 1.90 bits per heavy atom. The first kappa shape index (κ1) is 14.5. The molecule has 1 atom stereocenters. The molecule has 2 N–H and O–H groups in total. The molecule has 0 fully saturated rings. The van der Waals surface area contributed by atoms with E-state index < -0.39 is 0 Å². The van der Waals surface area contributed by atoms with Gasteiger partial charge < -0.3 is 10.6 Å². The van der Waals surface area contributed by atoms with E-state index in [1.165, 1.54) is 6.07 Å². The van der Waals surface area contributed by atoms with Crippen LogP contribution in [0.4, 0.5) is 10.2 Å². The van der Waals surface area contributed by atoms with Crippen molar-refractivity contribution in [2.45, 2.75) is 25.9 Å². The standard InChI is InChI=1S/C16H20FN3/c1-12(18)10-13-7-5-9-19-16(13)20(2)11-14-6-3-4-8-15(14)17/h3-9,12H,10-11,18H2,1-2H3. The molecule has 20 heavy (non-hydrogen) atoms. The molecule has 2 rings (SSSR count). The fourth-order valence-electron chi connectivity index (χ4n) is 2.24. The van der Waals surface area contributed by atoms with Crippen LogP contribution >= 0.6 is 0 Å². The molecule has 1 aromatic carbocycles. The maximum Gasteiger partial charge on any atom is 0.131 e. The fraction of sp³-hybridized carbons (Fsp3) is 0.312. The van der Waals surface area contributed by atoms with Crippen LogP contribution in [0.2, 0.25) is 0 Å². The molecule has 0 aliphatic carbocycles. The molecule has 4 heteroatoms. The maximum absolute atomic E-state index is 13.7. The maximum atomic E-state index is 13.7. The SMILES string of the molecule is CC(N)Cc1cccnc1N(C)Cc1ccccc1F. The lowest BCUT2D eigenvalue weighted by Gasteiger charge is -2.22. The van der Waals surface area contributed by atoms with Crippen molar-refractivity contribution in [2.24, 2.45) is 5.73 Å². The average Bonchev–Trinajstić information content (AvgIpc) is 2.41. The van der Waals surface area contributed by atoms with Crippen LogP contribution in [0.25, 0.3) is 0 Å². The van der Waals surface area contributed by atoms with Gasteiger partial charge in [0.05, 0.1) is 0 Å². The Labute approximate surface area is 119 Å². The van der Waals surface area contributed by atoms with Crippen LogP contribution in [-0.4, -0.2) is 18.1 Å². The summed E-state index contributed by atoms with van der Waals surface area (Å²) in [6.07, 6.45) is 2.50. The van der Waals surface area contributed by atoms with Gasteiger partial charge in [0.15, 0.2) is 0 Å². The van der Waals surface area contributed by atoms with Gasteiger partial charge in [-0.05, 0) is 31.0 Å². The molecule has 0 aliphatic rings. The third-order valence-corrected chi connectivity index (χ3v) is 3.14. The predicted molar refractivity (Wildman–Crippen MR) is 80.1 cm³/mol. The van der Waals surface area contributed by atoms with Crippen LogP contribution in [-0.2, 0) is 13.0 Å². The lowest BCUT2D eigenvalue weighted by Crippen LogP contribution is -2.23. The van der Waals surface area contributed by atoms with Gasteiger partial charge in [0.25, 0.3) is 0 Å². The Hall–Kier alpha value is -1.94. The number of rotatable bonds is 5. The van der Waals surface area contributed by atoms with Crippen molar-refractivity contribution in [3.63, 3.8) is 0 Å². The largest absolute Gasteiger partial charge is 0.355 e. The molecule has 3 nitrogen and oxygen atoms in total. The van der Waals surface area contributed by atoms with E-state index in [0.29, 0.717) is 12.1 Å². The number of nitrogens with zero attached hydrogens (tertiary/aromatic N) is 2. The number of hydrogen-bond donors (Lipinski definition) is 1. The molecule has 2 aromatic rings. The van der Waals surface area contributed by atoms with Crippen LogP contribution < -0.4 is 10.6 Å². The summed E-state index contributed by atoms with van der Waals surface area (Å²) in [6.45, 7) is 2.45. The van der Waals surface area contributed by atoms with Gasteiger partial charge in [-0.15, -0.1) is 0 Å². The van der Waals surface area contributed by atoms with Gasteiger partial charge in [-0.1, -0.05) is 24.3 Å². The number of benzene rings is 1. The summed E-state index contributed by atoms with van der Waals surface area (Å²) in [5.41, 5.74) is 7.61. The van der Waals surface area contributed by atoms with E-state index in [4.69, 9.17) is 5.73 Å². The first-order valence-corrected chi connectivity index (χ1v) is 6.72. The van der Waals surface area contributed by atoms with E-state index in [1.807, 2.05) is 37.1 Å². The second-order valence-electron chi connectivity index (χ2n) is 5.12. The Kier molecular flexibility index (Phi) is 4.69. The van der Waals surface area contributed by atoms with Gasteiger partial charge >= 0.3 is 0 Å². The van der Waals surface area contributed by atoms with Crippen molar-refractivity contribution < 1.29 is 4.39 Å². The van der Waals surface area contributed by atoms with E-state index in [0.717, 1.165) is 17.8 Å². The first-order valence-electron chi connectivity index (χ1n) is 6.72. The van der Waals surface area contributed by atoms with Gasteiger partial charge in [-0.2, -0.15) is 0 Å². The van der Waals surface area contributed by atoms with Gasteiger partial charge in [0.1, 0.15) is 11.6 Å². The molecule has 1 aromatic heterocycles. The molecule has 0 saturated carbocycles. The van der Waals surface area contributed by atoms with Crippen LogP contribution in [0, 0.1) is 5.82 Å². The fourth-order valence-corrected chi connectivity index (χ4v) is 2.24. The van der Waals surface area contributed by atoms with Crippen LogP contribution in [0.5, 0.6) is 0 Å². The first-order chi connectivity index (χ1) is 9.58. The zero-order chi connectivity index (χ0) is 14.5. The normalized spacial score (nSPS) is 12.2. The molecule has 0 radical (unpaired) electrons. The topological polar surface area (TPSA) is 42.1 Å². The van der Waals surface area contributed by atoms with Crippen molar-refractivity contribution in [3.05, 3.63) is 59.5 Å². The quantitative estimate of drug-likeness (QED) is 0.911. The van der Waals surface area contributed by atoms with Crippen molar-refractivity contribution in [3.8, 4) is 0 Å². The smallest absolute Gasteiger partial charge is 0.131 e. The van der Waals surface area contributed by atoms with Crippen molar-refractivity contribution in [1.82, 2.24) is 4.98 Å². The molecular formula is C16H20FN3. The summed E-state index contributed by atoms with van der Waals surface area (Å²) < 4.78 is 13.7. The highest BCUT2D eigenvalue weighted by atomic mass is 19.1. The second kappa shape index (κ2) is 6.48. The molecule has 0 saturated heterocycles. The number of anilines is 1. The highest BCUT2D eigenvalue weighted by Crippen LogP contribution is 2.20. The van der Waals surface area contributed by atoms with E-state index >= 15 is 0 Å². The zero-order valence-corrected chi connectivity index (χ0v) is 11.9. The molecule has 1 heterocycles. The minimum Gasteiger partial charge on any atom is -0.355 e. The lowest BCUT2D eigenvalue weighted by molar-refractivity contribution is 0.607. The molecule has 0 spiro atoms. The summed E-state index contributed by atoms with van der Waals surface area (Å²) >= 11 is 0. The Bertz CT molecular complexity index is 569. The third-order valence-electron chi connectivity index (χ3n) is 3.14. The van der Waals surface area contributed by atoms with Gasteiger partial charge in [0, 0.05) is 31.4 Å². The van der Waals surface area contributed by atoms with Crippen LogP contribution in [0.3, 0.4) is 0 Å².